The predicted octanol–water partition coefficient (Wildman–Crippen LogP) is 3.91. The van der Waals surface area contributed by atoms with Crippen LogP contribution >= 0.6 is 0 Å². The summed E-state index contributed by atoms with van der Waals surface area (Å²) in [5.41, 5.74) is 1.02. The maximum Gasteiger partial charge on any atom is 0.115 e. The lowest BCUT2D eigenvalue weighted by Crippen LogP contribution is -2.38. The second kappa shape index (κ2) is 4.86. The van der Waals surface area contributed by atoms with Crippen molar-refractivity contribution in [2.45, 2.75) is 43.9 Å². The zero-order valence-electron chi connectivity index (χ0n) is 11.4. The van der Waals surface area contributed by atoms with E-state index in [1.54, 1.807) is 0 Å². The van der Waals surface area contributed by atoms with Crippen molar-refractivity contribution in [3.8, 4) is 0 Å². The SMILES string of the molecule is CCC12CC(F)CN1C(c1ccccc1)C(CF)C2. The third kappa shape index (κ3) is 1.99. The first-order valence-electron chi connectivity index (χ1n) is 7.22. The molecular weight excluding hydrogens is 244 g/mol. The lowest BCUT2D eigenvalue weighted by Gasteiger charge is -2.34. The van der Waals surface area contributed by atoms with Gasteiger partial charge in [-0.15, -0.1) is 0 Å². The first-order chi connectivity index (χ1) is 9.20. The smallest absolute Gasteiger partial charge is 0.115 e. The van der Waals surface area contributed by atoms with Crippen LogP contribution in [-0.4, -0.2) is 29.8 Å². The van der Waals surface area contributed by atoms with Crippen molar-refractivity contribution in [3.63, 3.8) is 0 Å². The average molecular weight is 265 g/mol. The summed E-state index contributed by atoms with van der Waals surface area (Å²) in [7, 11) is 0. The zero-order chi connectivity index (χ0) is 13.5. The van der Waals surface area contributed by atoms with Crippen molar-refractivity contribution < 1.29 is 8.78 Å². The van der Waals surface area contributed by atoms with Gasteiger partial charge >= 0.3 is 0 Å². The molecule has 1 aromatic rings. The maximum atomic E-state index is 13.9. The molecule has 2 aliphatic rings. The van der Waals surface area contributed by atoms with Crippen LogP contribution in [0.2, 0.25) is 0 Å². The number of alkyl halides is 2. The van der Waals surface area contributed by atoms with Crippen molar-refractivity contribution in [1.82, 2.24) is 4.90 Å². The molecule has 19 heavy (non-hydrogen) atoms. The molecule has 0 radical (unpaired) electrons. The van der Waals surface area contributed by atoms with Crippen LogP contribution in [0, 0.1) is 5.92 Å². The van der Waals surface area contributed by atoms with Crippen molar-refractivity contribution in [3.05, 3.63) is 35.9 Å². The number of benzene rings is 1. The third-order valence-corrected chi connectivity index (χ3v) is 5.03. The molecule has 4 unspecified atom stereocenters. The summed E-state index contributed by atoms with van der Waals surface area (Å²) in [5.74, 6) is 0.00912. The van der Waals surface area contributed by atoms with Gasteiger partial charge in [-0.2, -0.15) is 0 Å². The topological polar surface area (TPSA) is 3.24 Å². The van der Waals surface area contributed by atoms with Crippen molar-refractivity contribution in [1.29, 1.82) is 0 Å². The average Bonchev–Trinajstić information content (AvgIpc) is 2.90. The summed E-state index contributed by atoms with van der Waals surface area (Å²) >= 11 is 0. The maximum absolute atomic E-state index is 13.9. The summed E-state index contributed by atoms with van der Waals surface area (Å²) in [6.45, 7) is 2.26. The molecular formula is C16H21F2N. The van der Waals surface area contributed by atoms with E-state index in [0.29, 0.717) is 13.0 Å². The van der Waals surface area contributed by atoms with Gasteiger partial charge in [0.2, 0.25) is 0 Å². The fourth-order valence-corrected chi connectivity index (χ4v) is 4.20. The molecule has 2 aliphatic heterocycles. The van der Waals surface area contributed by atoms with Crippen molar-refractivity contribution in [2.75, 3.05) is 13.2 Å². The Bertz CT molecular complexity index is 436. The summed E-state index contributed by atoms with van der Waals surface area (Å²) in [5, 5.41) is 0. The second-order valence-corrected chi connectivity index (χ2v) is 6.01. The minimum Gasteiger partial charge on any atom is -0.287 e. The van der Waals surface area contributed by atoms with Gasteiger partial charge in [0.05, 0.1) is 6.67 Å². The largest absolute Gasteiger partial charge is 0.287 e. The number of halogens is 2. The highest BCUT2D eigenvalue weighted by Crippen LogP contribution is 2.53. The van der Waals surface area contributed by atoms with E-state index in [-0.39, 0.29) is 24.2 Å². The molecule has 3 rings (SSSR count). The molecule has 0 bridgehead atoms. The lowest BCUT2D eigenvalue weighted by atomic mass is 9.86. The first-order valence-corrected chi connectivity index (χ1v) is 7.22. The van der Waals surface area contributed by atoms with Gasteiger partial charge in [-0.05, 0) is 24.8 Å². The van der Waals surface area contributed by atoms with Gasteiger partial charge in [0.25, 0.3) is 0 Å². The summed E-state index contributed by atoms with van der Waals surface area (Å²) in [6.07, 6.45) is 1.52. The van der Waals surface area contributed by atoms with E-state index in [1.165, 1.54) is 0 Å². The van der Waals surface area contributed by atoms with E-state index in [9.17, 15) is 8.78 Å². The molecule has 2 fully saturated rings. The number of rotatable bonds is 3. The van der Waals surface area contributed by atoms with Crippen LogP contribution in [0.15, 0.2) is 30.3 Å². The van der Waals surface area contributed by atoms with Gasteiger partial charge in [0.15, 0.2) is 0 Å². The monoisotopic (exact) mass is 265 g/mol. The van der Waals surface area contributed by atoms with Crippen LogP contribution in [0.3, 0.4) is 0 Å². The highest BCUT2D eigenvalue weighted by molar-refractivity contribution is 5.25. The summed E-state index contributed by atoms with van der Waals surface area (Å²) in [4.78, 5) is 2.25. The van der Waals surface area contributed by atoms with E-state index in [0.717, 1.165) is 18.4 Å². The number of nitrogens with zero attached hydrogens (tertiary/aromatic N) is 1. The molecule has 0 amide bonds. The molecule has 0 spiro atoms. The van der Waals surface area contributed by atoms with Crippen LogP contribution < -0.4 is 0 Å². The molecule has 1 nitrogen and oxygen atoms in total. The lowest BCUT2D eigenvalue weighted by molar-refractivity contribution is 0.137. The number of hydrogen-bond acceptors (Lipinski definition) is 1. The molecule has 3 heteroatoms. The Kier molecular flexibility index (Phi) is 3.34. The van der Waals surface area contributed by atoms with Crippen molar-refractivity contribution >= 4 is 0 Å². The first kappa shape index (κ1) is 13.0. The van der Waals surface area contributed by atoms with Gasteiger partial charge in [-0.3, -0.25) is 9.29 Å². The zero-order valence-corrected chi connectivity index (χ0v) is 11.4. The number of fused-ring (bicyclic) bond motifs is 1. The fourth-order valence-electron chi connectivity index (χ4n) is 4.20. The minimum atomic E-state index is -0.758. The standard InChI is InChI=1S/C16H21F2N/c1-2-16-8-13(10-17)15(12-6-4-3-5-7-12)19(16)11-14(18)9-16/h3-7,13-15H,2,8-11H2,1H3. The Labute approximate surface area is 113 Å². The Morgan fingerprint density at radius 3 is 2.63 bits per heavy atom. The highest BCUT2D eigenvalue weighted by Gasteiger charge is 2.55. The van der Waals surface area contributed by atoms with E-state index < -0.39 is 6.17 Å². The van der Waals surface area contributed by atoms with E-state index >= 15 is 0 Å². The van der Waals surface area contributed by atoms with Gasteiger partial charge in [-0.1, -0.05) is 37.3 Å². The van der Waals surface area contributed by atoms with Crippen molar-refractivity contribution in [2.24, 2.45) is 5.92 Å². The Hall–Kier alpha value is -0.960. The highest BCUT2D eigenvalue weighted by atomic mass is 19.1. The molecule has 1 aromatic carbocycles. The quantitative estimate of drug-likeness (QED) is 0.801. The van der Waals surface area contributed by atoms with Crippen LogP contribution in [0.1, 0.15) is 37.8 Å². The molecule has 0 N–H and O–H groups in total. The van der Waals surface area contributed by atoms with Crippen LogP contribution in [-0.2, 0) is 0 Å². The van der Waals surface area contributed by atoms with E-state index in [2.05, 4.69) is 11.8 Å². The fraction of sp³-hybridized carbons (Fsp3) is 0.625. The predicted molar refractivity (Wildman–Crippen MR) is 72.5 cm³/mol. The Balaban J connectivity index is 1.98. The third-order valence-electron chi connectivity index (χ3n) is 5.03. The van der Waals surface area contributed by atoms with E-state index in [4.69, 9.17) is 0 Å². The van der Waals surface area contributed by atoms with Gasteiger partial charge in [-0.25, -0.2) is 4.39 Å². The molecule has 0 aliphatic carbocycles. The van der Waals surface area contributed by atoms with Gasteiger partial charge in [0, 0.05) is 24.0 Å². The molecule has 0 saturated carbocycles. The number of hydrogen-bond donors (Lipinski definition) is 0. The van der Waals surface area contributed by atoms with Crippen LogP contribution in [0.25, 0.3) is 0 Å². The molecule has 104 valence electrons. The summed E-state index contributed by atoms with van der Waals surface area (Å²) in [6, 6.07) is 10.1. The minimum absolute atomic E-state index is 0.00912. The molecule has 0 aromatic heterocycles. The normalized spacial score (nSPS) is 38.6. The molecule has 4 atom stereocenters. The Morgan fingerprint density at radius 1 is 1.26 bits per heavy atom. The van der Waals surface area contributed by atoms with Crippen LogP contribution in [0.4, 0.5) is 8.78 Å². The summed E-state index contributed by atoms with van der Waals surface area (Å²) < 4.78 is 27.3. The van der Waals surface area contributed by atoms with Gasteiger partial charge in [0.1, 0.15) is 6.17 Å². The Morgan fingerprint density at radius 2 is 2.00 bits per heavy atom. The molecule has 2 saturated heterocycles. The van der Waals surface area contributed by atoms with Gasteiger partial charge < -0.3 is 0 Å². The van der Waals surface area contributed by atoms with E-state index in [1.807, 2.05) is 30.3 Å². The second-order valence-electron chi connectivity index (χ2n) is 6.01. The molecule has 2 heterocycles. The van der Waals surface area contributed by atoms with Crippen LogP contribution in [0.5, 0.6) is 0 Å².